The Morgan fingerprint density at radius 2 is 1.18 bits per heavy atom. The number of hydrogen-bond donors (Lipinski definition) is 1. The van der Waals surface area contributed by atoms with Crippen LogP contribution in [0.5, 0.6) is 11.5 Å². The van der Waals surface area contributed by atoms with Gasteiger partial charge in [0.05, 0.1) is 61.9 Å². The molecule has 1 N–H and O–H groups in total. The molecule has 21 nitrogen and oxygen atoms in total. The van der Waals surface area contributed by atoms with Crippen LogP contribution >= 0.6 is 23.2 Å². The standard InChI is InChI=1S/C20H19ClF2N4O5S.C12H11ClF2N4O4S.C9H12O.CH2O3.2K.H/c1-32-13-4-2-12(3-5-13)10-26(33(30,31)14-6-7-14)20-18-15(21)8-9-16(27(28)29)19(18)25(24-20)11-17(22)23;13-7-3-4-8(19(20)21)11-10(7)12(16-18(11)5-9(14)15)17-24(22,23)6-1-2-6;1-3-8-4-6-9(10-2)7-5-8;2-1-4-3;;;/h2-5,8-9,14,17H,6-7,10-11H2,1H3;3-4,6,9H,1-2,5H2,(H,16,17);4-7H,3H2,1-2H3;1,3H;;;/q;;;;2*+1;-1/p-1. The molecule has 2 aromatic heterocycles. The monoisotopic (exact) mass is 1160 g/mol. The number of nitro benzene ring substituents is 2. The summed E-state index contributed by atoms with van der Waals surface area (Å²) in [6.45, 7) is -0.0924. The van der Waals surface area contributed by atoms with Crippen molar-refractivity contribution in [1.29, 1.82) is 0 Å². The maximum Gasteiger partial charge on any atom is 1.00 e. The van der Waals surface area contributed by atoms with Crippen LogP contribution in [0.15, 0.2) is 72.8 Å². The van der Waals surface area contributed by atoms with Crippen molar-refractivity contribution in [3.63, 3.8) is 0 Å². The zero-order chi connectivity index (χ0) is 52.4. The predicted octanol–water partition coefficient (Wildman–Crippen LogP) is 1.95. The van der Waals surface area contributed by atoms with Crippen LogP contribution in [0.2, 0.25) is 10.0 Å². The summed E-state index contributed by atoms with van der Waals surface area (Å²) in [6, 6.07) is 19.4. The number of fused-ring (bicyclic) bond motifs is 2. The molecule has 8 rings (SSSR count). The molecule has 2 saturated carbocycles. The third-order valence-corrected chi connectivity index (χ3v) is 15.1. The average Bonchev–Trinajstić information content (AvgIpc) is 4.28. The number of nitrogens with one attached hydrogen (secondary N) is 1. The van der Waals surface area contributed by atoms with E-state index in [0.29, 0.717) is 41.7 Å². The molecular formula is C42H44Cl2F4K2N8O13S2. The average molecular weight is 1160 g/mol. The zero-order valence-electron chi connectivity index (χ0n) is 40.5. The van der Waals surface area contributed by atoms with Gasteiger partial charge in [0.1, 0.15) is 35.6 Å². The predicted molar refractivity (Wildman–Crippen MR) is 252 cm³/mol. The van der Waals surface area contributed by atoms with E-state index in [1.807, 2.05) is 12.1 Å². The van der Waals surface area contributed by atoms with Gasteiger partial charge in [-0.25, -0.2) is 48.1 Å². The van der Waals surface area contributed by atoms with Crippen LogP contribution in [0.1, 0.15) is 45.2 Å². The molecule has 2 aliphatic carbocycles. The van der Waals surface area contributed by atoms with E-state index < -0.39 is 77.7 Å². The summed E-state index contributed by atoms with van der Waals surface area (Å²) in [5, 5.41) is 37.7. The van der Waals surface area contributed by atoms with E-state index in [4.69, 9.17) is 42.7 Å². The van der Waals surface area contributed by atoms with Crippen LogP contribution in [0.4, 0.5) is 40.6 Å². The molecule has 0 radical (unpaired) electrons. The van der Waals surface area contributed by atoms with E-state index in [2.05, 4.69) is 38.9 Å². The number of carbonyl (C=O) groups excluding carboxylic acids is 1. The Morgan fingerprint density at radius 1 is 0.753 bits per heavy atom. The number of non-ortho nitro benzene ring substituents is 2. The van der Waals surface area contributed by atoms with Crippen molar-refractivity contribution in [2.24, 2.45) is 0 Å². The number of aryl methyl sites for hydroxylation is 1. The number of anilines is 2. The number of nitrogens with zero attached hydrogens (tertiary/aromatic N) is 7. The normalized spacial score (nSPS) is 12.9. The van der Waals surface area contributed by atoms with E-state index in [9.17, 15) is 54.6 Å². The molecule has 0 spiro atoms. The molecule has 0 aliphatic heterocycles. The first-order valence-electron chi connectivity index (χ1n) is 20.9. The molecule has 0 amide bonds. The van der Waals surface area contributed by atoms with Gasteiger partial charge in [-0.2, -0.15) is 10.2 Å². The minimum Gasteiger partial charge on any atom is -1.00 e. The van der Waals surface area contributed by atoms with Crippen molar-refractivity contribution >= 4 is 94.5 Å². The van der Waals surface area contributed by atoms with Crippen molar-refractivity contribution in [3.8, 4) is 11.5 Å². The summed E-state index contributed by atoms with van der Waals surface area (Å²) < 4.78 is 118. The Morgan fingerprint density at radius 3 is 1.58 bits per heavy atom. The van der Waals surface area contributed by atoms with Crippen LogP contribution < -0.4 is 127 Å². The van der Waals surface area contributed by atoms with Crippen LogP contribution in [-0.2, 0) is 55.8 Å². The second-order valence-electron chi connectivity index (χ2n) is 15.3. The largest absolute Gasteiger partial charge is 1.00 e. The fourth-order valence-corrected chi connectivity index (χ4v) is 10.4. The van der Waals surface area contributed by atoms with Gasteiger partial charge in [0.15, 0.2) is 11.6 Å². The Kier molecular flexibility index (Phi) is 25.2. The molecule has 2 heterocycles. The smallest absolute Gasteiger partial charge is 1.00 e. The Labute approximate surface area is 511 Å². The first-order valence-corrected chi connectivity index (χ1v) is 24.7. The van der Waals surface area contributed by atoms with Crippen LogP contribution in [0.3, 0.4) is 0 Å². The van der Waals surface area contributed by atoms with Gasteiger partial charge in [-0.05, 0) is 79.6 Å². The molecule has 2 aliphatic rings. The Bertz CT molecular complexity index is 3070. The number of rotatable bonds is 18. The molecule has 0 bridgehead atoms. The second-order valence-corrected chi connectivity index (χ2v) is 20.2. The molecule has 73 heavy (non-hydrogen) atoms. The summed E-state index contributed by atoms with van der Waals surface area (Å²) in [4.78, 5) is 32.5. The number of ether oxygens (including phenoxy) is 2. The number of benzene rings is 4. The van der Waals surface area contributed by atoms with Gasteiger partial charge < -0.3 is 21.0 Å². The van der Waals surface area contributed by atoms with Crippen LogP contribution in [-0.4, -0.2) is 90.3 Å². The molecule has 2 fully saturated rings. The van der Waals surface area contributed by atoms with Crippen LogP contribution in [0, 0.1) is 20.2 Å². The van der Waals surface area contributed by atoms with Gasteiger partial charge in [0.25, 0.3) is 30.7 Å². The topological polar surface area (TPSA) is 273 Å². The van der Waals surface area contributed by atoms with E-state index in [1.165, 1.54) is 24.8 Å². The summed E-state index contributed by atoms with van der Waals surface area (Å²) in [7, 11) is -4.50. The molecule has 31 heteroatoms. The minimum atomic E-state index is -3.94. The Hall–Kier alpha value is -3.28. The van der Waals surface area contributed by atoms with Crippen molar-refractivity contribution in [3.05, 3.63) is 114 Å². The van der Waals surface area contributed by atoms with Gasteiger partial charge >= 0.3 is 103 Å². The molecule has 0 saturated heterocycles. The summed E-state index contributed by atoms with van der Waals surface area (Å²) >= 11 is 12.3. The summed E-state index contributed by atoms with van der Waals surface area (Å²) in [5.74, 6) is 0.992. The fraction of sp³-hybridized carbons (Fsp3) is 0.357. The fourth-order valence-electron chi connectivity index (χ4n) is 6.76. The van der Waals surface area contributed by atoms with Gasteiger partial charge in [-0.1, -0.05) is 54.4 Å². The number of aromatic nitrogens is 4. The van der Waals surface area contributed by atoms with Gasteiger partial charge in [0.2, 0.25) is 20.0 Å². The molecule has 0 atom stereocenters. The summed E-state index contributed by atoms with van der Waals surface area (Å²) in [5.41, 5.74) is 0.440. The maximum absolute atomic E-state index is 13.4. The van der Waals surface area contributed by atoms with E-state index in [-0.39, 0.29) is 161 Å². The molecule has 386 valence electrons. The first kappa shape index (κ1) is 64.0. The number of hydrogen-bond acceptors (Lipinski definition) is 15. The third-order valence-electron chi connectivity index (χ3n) is 10.4. The maximum atomic E-state index is 13.4. The second kappa shape index (κ2) is 28.7. The number of alkyl halides is 4. The minimum absolute atomic E-state index is 0. The van der Waals surface area contributed by atoms with Crippen molar-refractivity contribution in [2.45, 2.75) is 82.0 Å². The van der Waals surface area contributed by atoms with E-state index in [0.717, 1.165) is 33.3 Å². The van der Waals surface area contributed by atoms with Gasteiger partial charge in [-0.15, -0.1) is 0 Å². The number of carbonyl (C=O) groups is 1. The number of nitro groups is 2. The number of halogens is 6. The molecular weight excluding hydrogens is 1110 g/mol. The quantitative estimate of drug-likeness (QED) is 0.0322. The summed E-state index contributed by atoms with van der Waals surface area (Å²) in [6.07, 6.45) is -2.76. The van der Waals surface area contributed by atoms with Gasteiger partial charge in [-0.3, -0.25) is 29.7 Å². The third kappa shape index (κ3) is 16.9. The zero-order valence-corrected chi connectivity index (χ0v) is 48.9. The van der Waals surface area contributed by atoms with Crippen LogP contribution in [0.25, 0.3) is 21.8 Å². The van der Waals surface area contributed by atoms with Gasteiger partial charge in [0, 0.05) is 12.1 Å². The van der Waals surface area contributed by atoms with Crippen molar-refractivity contribution in [1.82, 2.24) is 19.6 Å². The molecule has 0 unspecified atom stereocenters. The number of methoxy groups -OCH3 is 2. The SMILES string of the molecule is CCc1ccc(OC)cc1.COc1ccc(CN(c2nn(CC(F)F)c3c([N+](=O)[O-])ccc(Cl)c23)S(=O)(=O)C2CC2)cc1.O=CO[O-].O=[N+]([O-])c1ccc(Cl)c2c(NS(=O)(=O)C3CC3)nn(CC(F)F)c12.[H-].[K+].[K+]. The van der Waals surface area contributed by atoms with Crippen molar-refractivity contribution < 1.29 is 173 Å². The van der Waals surface area contributed by atoms with E-state index >= 15 is 0 Å². The molecule has 6 aromatic rings. The Balaban J connectivity index is 0.000000399. The number of sulfonamides is 2. The van der Waals surface area contributed by atoms with E-state index in [1.54, 1.807) is 31.4 Å². The molecule has 4 aromatic carbocycles. The van der Waals surface area contributed by atoms with Crippen molar-refractivity contribution in [2.75, 3.05) is 23.2 Å². The first-order chi connectivity index (χ1) is 33.6.